The number of carbonyl (C=O) groups is 1. The first-order valence-corrected chi connectivity index (χ1v) is 12.1. The third-order valence-electron chi connectivity index (χ3n) is 7.03. The van der Waals surface area contributed by atoms with Gasteiger partial charge >= 0.3 is 5.97 Å². The van der Waals surface area contributed by atoms with Crippen molar-refractivity contribution in [3.8, 4) is 16.9 Å². The molecule has 0 saturated carbocycles. The number of benzene rings is 3. The highest BCUT2D eigenvalue weighted by atomic mass is 16.5. The molecule has 178 valence electrons. The van der Waals surface area contributed by atoms with Crippen molar-refractivity contribution >= 4 is 22.4 Å². The predicted octanol–water partition coefficient (Wildman–Crippen LogP) is 6.46. The number of anilines is 1. The lowest BCUT2D eigenvalue weighted by molar-refractivity contribution is -0.160. The minimum absolute atomic E-state index is 0.468. The van der Waals surface area contributed by atoms with Crippen LogP contribution >= 0.6 is 0 Å². The van der Waals surface area contributed by atoms with Crippen LogP contribution in [0.4, 0.5) is 5.69 Å². The molecule has 5 heteroatoms. The van der Waals surface area contributed by atoms with E-state index < -0.39 is 17.7 Å². The van der Waals surface area contributed by atoms with Crippen molar-refractivity contribution < 1.29 is 19.4 Å². The van der Waals surface area contributed by atoms with Gasteiger partial charge < -0.3 is 19.5 Å². The van der Waals surface area contributed by atoms with Crippen molar-refractivity contribution in [3.63, 3.8) is 0 Å². The summed E-state index contributed by atoms with van der Waals surface area (Å²) in [7, 11) is 2.13. The van der Waals surface area contributed by atoms with Crippen molar-refractivity contribution in [3.05, 3.63) is 59.2 Å². The highest BCUT2D eigenvalue weighted by Crippen LogP contribution is 2.52. The molecule has 2 heterocycles. The van der Waals surface area contributed by atoms with Crippen molar-refractivity contribution in [1.29, 1.82) is 0 Å². The molecule has 0 aromatic heterocycles. The standard InChI is InChI=1S/C29H33NO4/c1-17-16-19-8-6-7-9-20(19)25(23(17)27(28(31)32)34-29(2,3)4)21-10-11-22-24-18(13-15-33-22)12-14-30(5)26(21)24/h6-11,16,18,27H,12-15H2,1-5H3,(H,31,32). The molecule has 0 radical (unpaired) electrons. The molecule has 3 aromatic rings. The molecule has 0 bridgehead atoms. The minimum atomic E-state index is -1.08. The van der Waals surface area contributed by atoms with Gasteiger partial charge in [-0.05, 0) is 80.5 Å². The first kappa shape index (κ1) is 22.7. The van der Waals surface area contributed by atoms with Gasteiger partial charge in [-0.1, -0.05) is 30.3 Å². The number of hydrogen-bond donors (Lipinski definition) is 1. The van der Waals surface area contributed by atoms with Crippen molar-refractivity contribution in [1.82, 2.24) is 0 Å². The van der Waals surface area contributed by atoms with E-state index in [9.17, 15) is 9.90 Å². The fourth-order valence-corrected chi connectivity index (χ4v) is 5.65. The van der Waals surface area contributed by atoms with E-state index in [0.717, 1.165) is 70.5 Å². The molecule has 0 amide bonds. The monoisotopic (exact) mass is 459 g/mol. The van der Waals surface area contributed by atoms with E-state index in [-0.39, 0.29) is 0 Å². The Morgan fingerprint density at radius 2 is 1.94 bits per heavy atom. The van der Waals surface area contributed by atoms with Gasteiger partial charge in [0.25, 0.3) is 0 Å². The van der Waals surface area contributed by atoms with Crippen LogP contribution in [0.25, 0.3) is 21.9 Å². The van der Waals surface area contributed by atoms with Gasteiger partial charge in [-0.3, -0.25) is 0 Å². The first-order chi connectivity index (χ1) is 16.2. The Bertz CT molecular complexity index is 1270. The fraction of sp³-hybridized carbons (Fsp3) is 0.414. The molecule has 0 spiro atoms. The zero-order valence-electron chi connectivity index (χ0n) is 20.6. The first-order valence-electron chi connectivity index (χ1n) is 12.1. The third kappa shape index (κ3) is 3.82. The molecule has 2 unspecified atom stereocenters. The number of aryl methyl sites for hydroxylation is 1. The lowest BCUT2D eigenvalue weighted by Crippen LogP contribution is -2.31. The number of ether oxygens (including phenoxy) is 2. The summed E-state index contributed by atoms with van der Waals surface area (Å²) in [5.41, 5.74) is 5.45. The smallest absolute Gasteiger partial charge is 0.337 e. The van der Waals surface area contributed by atoms with Gasteiger partial charge in [0.1, 0.15) is 5.75 Å². The number of aliphatic carboxylic acids is 1. The summed E-state index contributed by atoms with van der Waals surface area (Å²) in [4.78, 5) is 14.9. The lowest BCUT2D eigenvalue weighted by atomic mass is 9.80. The van der Waals surface area contributed by atoms with Crippen LogP contribution in [0.2, 0.25) is 0 Å². The van der Waals surface area contributed by atoms with E-state index in [0.29, 0.717) is 5.92 Å². The predicted molar refractivity (Wildman–Crippen MR) is 136 cm³/mol. The Kier molecular flexibility index (Phi) is 5.56. The van der Waals surface area contributed by atoms with Crippen LogP contribution in [-0.4, -0.2) is 36.9 Å². The number of carboxylic acids is 1. The number of hydrogen-bond acceptors (Lipinski definition) is 4. The number of fused-ring (bicyclic) bond motifs is 1. The third-order valence-corrected chi connectivity index (χ3v) is 7.03. The second-order valence-corrected chi connectivity index (χ2v) is 10.6. The number of carboxylic acid groups (broad SMARTS) is 1. The number of nitrogens with zero attached hydrogens (tertiary/aromatic N) is 1. The Morgan fingerprint density at radius 3 is 2.68 bits per heavy atom. The average molecular weight is 460 g/mol. The molecule has 3 aromatic carbocycles. The van der Waals surface area contributed by atoms with Gasteiger partial charge in [-0.2, -0.15) is 0 Å². The fourth-order valence-electron chi connectivity index (χ4n) is 5.65. The van der Waals surface area contributed by atoms with Crippen molar-refractivity contribution in [2.75, 3.05) is 25.1 Å². The normalized spacial score (nSPS) is 18.4. The van der Waals surface area contributed by atoms with Crippen LogP contribution < -0.4 is 9.64 Å². The largest absolute Gasteiger partial charge is 0.493 e. The zero-order chi connectivity index (χ0) is 24.2. The van der Waals surface area contributed by atoms with Crippen molar-refractivity contribution in [2.45, 2.75) is 58.2 Å². The van der Waals surface area contributed by atoms with Crippen molar-refractivity contribution in [2.24, 2.45) is 0 Å². The van der Waals surface area contributed by atoms with Crippen LogP contribution in [0.5, 0.6) is 5.75 Å². The molecule has 5 nitrogen and oxygen atoms in total. The summed E-state index contributed by atoms with van der Waals surface area (Å²) < 4.78 is 12.2. The molecule has 2 aliphatic heterocycles. The summed E-state index contributed by atoms with van der Waals surface area (Å²) in [6.07, 6.45) is 1.04. The van der Waals surface area contributed by atoms with Crippen LogP contribution in [0.3, 0.4) is 0 Å². The quantitative estimate of drug-likeness (QED) is 0.485. The topological polar surface area (TPSA) is 59.0 Å². The average Bonchev–Trinajstić information content (AvgIpc) is 2.78. The molecule has 1 N–H and O–H groups in total. The molecular weight excluding hydrogens is 426 g/mol. The zero-order valence-corrected chi connectivity index (χ0v) is 20.6. The van der Waals surface area contributed by atoms with Gasteiger partial charge in [-0.25, -0.2) is 4.79 Å². The van der Waals surface area contributed by atoms with E-state index in [1.807, 2.05) is 39.8 Å². The maximum atomic E-state index is 12.6. The molecule has 5 rings (SSSR count). The van der Waals surface area contributed by atoms with Crippen LogP contribution in [0, 0.1) is 6.92 Å². The van der Waals surface area contributed by atoms with E-state index in [1.165, 1.54) is 5.56 Å². The van der Waals surface area contributed by atoms with E-state index in [2.05, 4.69) is 42.3 Å². The summed E-state index contributed by atoms with van der Waals surface area (Å²) in [5.74, 6) is 0.451. The Balaban J connectivity index is 1.87. The molecule has 0 aliphatic carbocycles. The second kappa shape index (κ2) is 8.31. The summed E-state index contributed by atoms with van der Waals surface area (Å²) in [6, 6.07) is 14.5. The Morgan fingerprint density at radius 1 is 1.18 bits per heavy atom. The van der Waals surface area contributed by atoms with Gasteiger partial charge in [0.15, 0.2) is 6.10 Å². The maximum absolute atomic E-state index is 12.6. The summed E-state index contributed by atoms with van der Waals surface area (Å²) in [5, 5.41) is 12.5. The number of rotatable bonds is 4. The van der Waals surface area contributed by atoms with Gasteiger partial charge in [0.2, 0.25) is 0 Å². The molecule has 2 aliphatic rings. The SMILES string of the molecule is Cc1cc2ccccc2c(-c2ccc3c4c2N(C)CCC4CCO3)c1C(OC(C)(C)C)C(=O)O. The van der Waals surface area contributed by atoms with Gasteiger partial charge in [-0.15, -0.1) is 0 Å². The van der Waals surface area contributed by atoms with E-state index >= 15 is 0 Å². The molecular formula is C29H33NO4. The second-order valence-electron chi connectivity index (χ2n) is 10.6. The highest BCUT2D eigenvalue weighted by Gasteiger charge is 2.36. The summed E-state index contributed by atoms with van der Waals surface area (Å²) >= 11 is 0. The van der Waals surface area contributed by atoms with Crippen LogP contribution in [-0.2, 0) is 9.53 Å². The van der Waals surface area contributed by atoms with Crippen LogP contribution in [0.15, 0.2) is 42.5 Å². The lowest BCUT2D eigenvalue weighted by Gasteiger charge is -2.39. The maximum Gasteiger partial charge on any atom is 0.337 e. The molecule has 0 fully saturated rings. The molecule has 0 saturated heterocycles. The van der Waals surface area contributed by atoms with Crippen LogP contribution in [0.1, 0.15) is 62.3 Å². The van der Waals surface area contributed by atoms with E-state index in [1.54, 1.807) is 0 Å². The molecule has 2 atom stereocenters. The molecule has 34 heavy (non-hydrogen) atoms. The van der Waals surface area contributed by atoms with E-state index in [4.69, 9.17) is 9.47 Å². The Hall–Kier alpha value is -3.05. The van der Waals surface area contributed by atoms with Gasteiger partial charge in [0.05, 0.1) is 17.9 Å². The Labute approximate surface area is 201 Å². The summed E-state index contributed by atoms with van der Waals surface area (Å²) in [6.45, 7) is 9.41. The van der Waals surface area contributed by atoms with Gasteiger partial charge in [0, 0.05) is 30.3 Å². The minimum Gasteiger partial charge on any atom is -0.493 e. The highest BCUT2D eigenvalue weighted by molar-refractivity contribution is 6.04.